The number of halogens is 4. The monoisotopic (exact) mass is 508 g/mol. The van der Waals surface area contributed by atoms with Crippen molar-refractivity contribution in [3.63, 3.8) is 0 Å². The summed E-state index contributed by atoms with van der Waals surface area (Å²) in [5.41, 5.74) is 11.9. The summed E-state index contributed by atoms with van der Waals surface area (Å²) in [6, 6.07) is 23.0. The van der Waals surface area contributed by atoms with E-state index >= 15 is 0 Å². The molecule has 0 unspecified atom stereocenters. The summed E-state index contributed by atoms with van der Waals surface area (Å²) in [7, 11) is 0. The Hall–Kier alpha value is -2.51. The summed E-state index contributed by atoms with van der Waals surface area (Å²) in [6.07, 6.45) is 0. The zero-order valence-corrected chi connectivity index (χ0v) is 20.6. The van der Waals surface area contributed by atoms with Gasteiger partial charge in [-0.25, -0.2) is 4.79 Å². The number of carboxylic acid groups (broad SMARTS) is 1. The lowest BCUT2D eigenvalue weighted by atomic mass is 10.1. The molecular weight excluding hydrogens is 481 g/mol. The minimum atomic E-state index is -3.58. The highest BCUT2D eigenvalue weighted by molar-refractivity contribution is 6.42. The minimum absolute atomic E-state index is 0.329. The lowest BCUT2D eigenvalue weighted by molar-refractivity contribution is -0.161. The Morgan fingerprint density at radius 1 is 0.882 bits per heavy atom. The van der Waals surface area contributed by atoms with Gasteiger partial charge in [0.15, 0.2) is 0 Å². The molecule has 182 valence electrons. The van der Waals surface area contributed by atoms with Crippen molar-refractivity contribution in [3.8, 4) is 0 Å². The molecule has 3 N–H and O–H groups in total. The number of aryl methyl sites for hydroxylation is 1. The molecule has 3 aromatic carbocycles. The summed E-state index contributed by atoms with van der Waals surface area (Å²) in [6.45, 7) is 5.47. The van der Waals surface area contributed by atoms with Gasteiger partial charge in [0.1, 0.15) is 0 Å². The van der Waals surface area contributed by atoms with Crippen LogP contribution in [-0.2, 0) is 31.0 Å². The van der Waals surface area contributed by atoms with Crippen LogP contribution in [0.15, 0.2) is 66.7 Å². The maximum Gasteiger partial charge on any atom is 0.374 e. The first kappa shape index (κ1) is 27.7. The van der Waals surface area contributed by atoms with Crippen molar-refractivity contribution in [2.24, 2.45) is 5.73 Å². The van der Waals surface area contributed by atoms with Crippen LogP contribution in [0.5, 0.6) is 0 Å². The summed E-state index contributed by atoms with van der Waals surface area (Å²) in [5.74, 6) is -5.67. The highest BCUT2D eigenvalue weighted by Crippen LogP contribution is 2.24. The molecule has 8 heteroatoms. The fourth-order valence-corrected chi connectivity index (χ4v) is 3.45. The number of alkyl halides is 2. The second kappa shape index (κ2) is 12.8. The average molecular weight is 509 g/mol. The van der Waals surface area contributed by atoms with Gasteiger partial charge in [-0.05, 0) is 41.3 Å². The molecule has 0 saturated heterocycles. The van der Waals surface area contributed by atoms with Crippen LogP contribution in [0.4, 0.5) is 8.78 Å². The van der Waals surface area contributed by atoms with E-state index in [0.29, 0.717) is 23.5 Å². The maximum atomic E-state index is 11.2. The van der Waals surface area contributed by atoms with Crippen molar-refractivity contribution in [1.82, 2.24) is 4.90 Å². The third-order valence-electron chi connectivity index (χ3n) is 4.93. The molecule has 3 rings (SSSR count). The zero-order chi connectivity index (χ0) is 25.3. The Labute approximate surface area is 208 Å². The number of carboxylic acids is 1. The van der Waals surface area contributed by atoms with E-state index in [1.54, 1.807) is 0 Å². The molecule has 0 fully saturated rings. The number of hydrogen-bond donors (Lipinski definition) is 2. The Balaban J connectivity index is 0.000000509. The molecule has 0 spiro atoms. The van der Waals surface area contributed by atoms with Crippen LogP contribution in [0.1, 0.15) is 34.7 Å². The number of benzene rings is 3. The fraction of sp³-hybridized carbons (Fsp3) is 0.269. The predicted octanol–water partition coefficient (Wildman–Crippen LogP) is 6.69. The van der Waals surface area contributed by atoms with Gasteiger partial charge in [-0.15, -0.1) is 0 Å². The predicted molar refractivity (Wildman–Crippen MR) is 133 cm³/mol. The van der Waals surface area contributed by atoms with E-state index in [0.717, 1.165) is 30.8 Å². The van der Waals surface area contributed by atoms with Crippen LogP contribution in [0.25, 0.3) is 0 Å². The Kier molecular flexibility index (Phi) is 10.5. The first-order valence-corrected chi connectivity index (χ1v) is 11.3. The molecular formula is C26H28Cl2F2N2O2. The molecule has 0 heterocycles. The Bertz CT molecular complexity index is 1090. The summed E-state index contributed by atoms with van der Waals surface area (Å²) < 4.78 is 22.5. The van der Waals surface area contributed by atoms with Crippen LogP contribution in [0, 0.1) is 6.92 Å². The topological polar surface area (TPSA) is 66.6 Å². The lowest BCUT2D eigenvalue weighted by Gasteiger charge is -2.23. The zero-order valence-electron chi connectivity index (χ0n) is 19.1. The van der Waals surface area contributed by atoms with Gasteiger partial charge in [-0.3, -0.25) is 4.90 Å². The molecule has 0 aliphatic heterocycles. The molecule has 0 atom stereocenters. The smallest absolute Gasteiger partial charge is 0.374 e. The number of hydrogen-bond acceptors (Lipinski definition) is 3. The fourth-order valence-electron chi connectivity index (χ4n) is 3.13. The number of rotatable bonds is 8. The molecule has 4 nitrogen and oxygen atoms in total. The molecule has 0 saturated carbocycles. The van der Waals surface area contributed by atoms with E-state index < -0.39 is 11.9 Å². The van der Waals surface area contributed by atoms with Gasteiger partial charge in [0.25, 0.3) is 0 Å². The first-order chi connectivity index (χ1) is 16.0. The van der Waals surface area contributed by atoms with Crippen LogP contribution >= 0.6 is 23.2 Å². The molecule has 3 aromatic rings. The second-order valence-corrected chi connectivity index (χ2v) is 8.91. The maximum absolute atomic E-state index is 11.2. The minimum Gasteiger partial charge on any atom is -0.477 e. The summed E-state index contributed by atoms with van der Waals surface area (Å²) >= 11 is 12.3. The second-order valence-electron chi connectivity index (χ2n) is 8.10. The van der Waals surface area contributed by atoms with E-state index in [1.807, 2.05) is 18.2 Å². The molecule has 0 amide bonds. The third kappa shape index (κ3) is 9.39. The number of carbonyl (C=O) groups is 1. The van der Waals surface area contributed by atoms with Crippen molar-refractivity contribution >= 4 is 29.2 Å². The number of aliphatic carboxylic acids is 1. The molecule has 0 aliphatic carbocycles. The van der Waals surface area contributed by atoms with Gasteiger partial charge in [-0.1, -0.05) is 83.4 Å². The third-order valence-corrected chi connectivity index (χ3v) is 5.66. The van der Waals surface area contributed by atoms with Crippen LogP contribution in [-0.4, -0.2) is 21.9 Å². The van der Waals surface area contributed by atoms with E-state index in [1.165, 1.54) is 16.7 Å². The first-order valence-electron chi connectivity index (χ1n) is 10.6. The van der Waals surface area contributed by atoms with Crippen molar-refractivity contribution in [2.45, 2.75) is 45.9 Å². The van der Waals surface area contributed by atoms with E-state index in [2.05, 4.69) is 60.4 Å². The van der Waals surface area contributed by atoms with Gasteiger partial charge in [0.05, 0.1) is 10.0 Å². The Morgan fingerprint density at radius 3 is 1.91 bits per heavy atom. The van der Waals surface area contributed by atoms with Crippen LogP contribution in [0.2, 0.25) is 10.0 Å². The molecule has 0 aromatic heterocycles. The van der Waals surface area contributed by atoms with Gasteiger partial charge in [-0.2, -0.15) is 8.78 Å². The van der Waals surface area contributed by atoms with Gasteiger partial charge < -0.3 is 10.8 Å². The summed E-state index contributed by atoms with van der Waals surface area (Å²) in [4.78, 5) is 11.7. The lowest BCUT2D eigenvalue weighted by Crippen LogP contribution is -2.22. The number of nitrogens with zero attached hydrogens (tertiary/aromatic N) is 1. The van der Waals surface area contributed by atoms with Crippen molar-refractivity contribution in [1.29, 1.82) is 0 Å². The van der Waals surface area contributed by atoms with Gasteiger partial charge in [0, 0.05) is 33.1 Å². The molecule has 0 bridgehead atoms. The standard InChI is InChI=1S/C23H24Cl2N2.C3H4F2O2/c1-17-5-7-18(8-6-17)14-27(15-20-4-2-3-19(11-20)13-26)16-21-9-10-22(24)23(25)12-21;1-3(4,5)2(6)7/h2-12H,13-16,26H2,1H3;1H3,(H,6,7). The highest BCUT2D eigenvalue weighted by Gasteiger charge is 2.31. The van der Waals surface area contributed by atoms with E-state index in [-0.39, 0.29) is 0 Å². The highest BCUT2D eigenvalue weighted by atomic mass is 35.5. The summed E-state index contributed by atoms with van der Waals surface area (Å²) in [5, 5.41) is 8.68. The SMILES string of the molecule is CC(F)(F)C(=O)O.Cc1ccc(CN(Cc2cccc(CN)c2)Cc2ccc(Cl)c(Cl)c2)cc1. The largest absolute Gasteiger partial charge is 0.477 e. The van der Waals surface area contributed by atoms with Crippen molar-refractivity contribution < 1.29 is 18.7 Å². The number of nitrogens with two attached hydrogens (primary N) is 1. The van der Waals surface area contributed by atoms with E-state index in [9.17, 15) is 13.6 Å². The van der Waals surface area contributed by atoms with Crippen LogP contribution < -0.4 is 5.73 Å². The van der Waals surface area contributed by atoms with E-state index in [4.69, 9.17) is 34.0 Å². The van der Waals surface area contributed by atoms with Crippen LogP contribution in [0.3, 0.4) is 0 Å². The Morgan fingerprint density at radius 2 is 1.38 bits per heavy atom. The average Bonchev–Trinajstić information content (AvgIpc) is 2.78. The van der Waals surface area contributed by atoms with Gasteiger partial charge in [0.2, 0.25) is 0 Å². The van der Waals surface area contributed by atoms with Crippen molar-refractivity contribution in [2.75, 3.05) is 0 Å². The molecule has 0 radical (unpaired) electrons. The quantitative estimate of drug-likeness (QED) is 0.355. The molecule has 34 heavy (non-hydrogen) atoms. The van der Waals surface area contributed by atoms with Crippen molar-refractivity contribution in [3.05, 3.63) is 105 Å². The van der Waals surface area contributed by atoms with Gasteiger partial charge >= 0.3 is 11.9 Å². The molecule has 0 aliphatic rings. The normalized spacial score (nSPS) is 11.2.